The summed E-state index contributed by atoms with van der Waals surface area (Å²) in [7, 11) is 0. The Labute approximate surface area is 180 Å². The van der Waals surface area contributed by atoms with Crippen LogP contribution in [-0.2, 0) is 0 Å². The maximum Gasteiger partial charge on any atom is 0.255 e. The summed E-state index contributed by atoms with van der Waals surface area (Å²) in [5.74, 6) is 0.0345. The van der Waals surface area contributed by atoms with E-state index in [1.165, 1.54) is 11.1 Å². The van der Waals surface area contributed by atoms with Crippen LogP contribution in [0.4, 0.5) is 0 Å². The van der Waals surface area contributed by atoms with Gasteiger partial charge in [0.2, 0.25) is 0 Å². The van der Waals surface area contributed by atoms with Crippen molar-refractivity contribution in [3.63, 3.8) is 0 Å². The van der Waals surface area contributed by atoms with Crippen LogP contribution in [0.1, 0.15) is 27.5 Å². The van der Waals surface area contributed by atoms with Crippen molar-refractivity contribution in [2.75, 3.05) is 26.2 Å². The van der Waals surface area contributed by atoms with Crippen molar-refractivity contribution in [2.45, 2.75) is 6.04 Å². The Morgan fingerprint density at radius 2 is 1.38 bits per heavy atom. The van der Waals surface area contributed by atoms with Gasteiger partial charge >= 0.3 is 0 Å². The average Bonchev–Trinajstić information content (AvgIpc) is 2.77. The van der Waals surface area contributed by atoms with Crippen LogP contribution in [-0.4, -0.2) is 46.9 Å². The number of rotatable bonds is 4. The molecule has 0 aliphatic carbocycles. The molecule has 4 rings (SSSR count). The lowest BCUT2D eigenvalue weighted by atomic mass is 9.96. The Hall–Kier alpha value is -2.40. The zero-order valence-corrected chi connectivity index (χ0v) is 17.4. The maximum absolute atomic E-state index is 12.7. The molecular weight excluding hydrogens is 405 g/mol. The number of piperazine rings is 1. The average molecular weight is 426 g/mol. The maximum atomic E-state index is 12.7. The molecule has 29 heavy (non-hydrogen) atoms. The highest BCUT2D eigenvalue weighted by molar-refractivity contribution is 6.30. The molecular formula is C23H21Cl2N3O. The molecule has 2 heterocycles. The molecule has 0 radical (unpaired) electrons. The molecule has 3 aromatic rings. The first-order chi connectivity index (χ1) is 14.1. The molecule has 1 saturated heterocycles. The van der Waals surface area contributed by atoms with Crippen molar-refractivity contribution >= 4 is 29.1 Å². The van der Waals surface area contributed by atoms with E-state index in [2.05, 4.69) is 34.1 Å². The Morgan fingerprint density at radius 3 is 1.86 bits per heavy atom. The second kappa shape index (κ2) is 8.95. The highest BCUT2D eigenvalue weighted by atomic mass is 35.5. The molecule has 0 unspecified atom stereocenters. The fourth-order valence-electron chi connectivity index (χ4n) is 3.76. The fourth-order valence-corrected chi connectivity index (χ4v) is 4.01. The molecule has 1 amide bonds. The van der Waals surface area contributed by atoms with E-state index in [0.717, 1.165) is 23.1 Å². The van der Waals surface area contributed by atoms with Crippen molar-refractivity contribution in [1.82, 2.24) is 14.8 Å². The minimum Gasteiger partial charge on any atom is -0.336 e. The lowest BCUT2D eigenvalue weighted by molar-refractivity contribution is 0.0597. The molecule has 1 aromatic heterocycles. The highest BCUT2D eigenvalue weighted by Crippen LogP contribution is 2.31. The largest absolute Gasteiger partial charge is 0.336 e. The standard InChI is InChI=1S/C23H21Cl2N3O/c24-20-7-3-17(4-8-20)22(18-5-9-21(25)10-6-18)27-12-14-28(15-13-27)23(29)19-2-1-11-26-16-19/h1-11,16,22H,12-15H2. The van der Waals surface area contributed by atoms with Gasteiger partial charge in [-0.25, -0.2) is 0 Å². The molecule has 0 bridgehead atoms. The van der Waals surface area contributed by atoms with Crippen LogP contribution in [0, 0.1) is 0 Å². The lowest BCUT2D eigenvalue weighted by Gasteiger charge is -2.39. The van der Waals surface area contributed by atoms with Crippen molar-refractivity contribution in [3.05, 3.63) is 99.8 Å². The van der Waals surface area contributed by atoms with Gasteiger partial charge in [0.15, 0.2) is 0 Å². The fraction of sp³-hybridized carbons (Fsp3) is 0.217. The number of carbonyl (C=O) groups excluding carboxylic acids is 1. The first kappa shape index (κ1) is 19.9. The van der Waals surface area contributed by atoms with Gasteiger partial charge in [0, 0.05) is 48.6 Å². The third-order valence-corrected chi connectivity index (χ3v) is 5.75. The quantitative estimate of drug-likeness (QED) is 0.593. The molecule has 0 atom stereocenters. The molecule has 4 nitrogen and oxygen atoms in total. The van der Waals surface area contributed by atoms with Crippen molar-refractivity contribution < 1.29 is 4.79 Å². The lowest BCUT2D eigenvalue weighted by Crippen LogP contribution is -2.49. The topological polar surface area (TPSA) is 36.4 Å². The first-order valence-corrected chi connectivity index (χ1v) is 10.3. The second-order valence-electron chi connectivity index (χ2n) is 7.08. The Balaban J connectivity index is 1.54. The van der Waals surface area contributed by atoms with Crippen LogP contribution >= 0.6 is 23.2 Å². The Morgan fingerprint density at radius 1 is 0.828 bits per heavy atom. The predicted molar refractivity (Wildman–Crippen MR) is 116 cm³/mol. The molecule has 1 aliphatic heterocycles. The summed E-state index contributed by atoms with van der Waals surface area (Å²) in [4.78, 5) is 21.1. The van der Waals surface area contributed by atoms with Gasteiger partial charge in [-0.3, -0.25) is 14.7 Å². The summed E-state index contributed by atoms with van der Waals surface area (Å²) in [6.45, 7) is 2.90. The molecule has 0 saturated carbocycles. The normalized spacial score (nSPS) is 14.9. The van der Waals surface area contributed by atoms with Gasteiger partial charge in [0.1, 0.15) is 0 Å². The number of benzene rings is 2. The van der Waals surface area contributed by atoms with E-state index in [0.29, 0.717) is 18.7 Å². The Bertz CT molecular complexity index is 908. The van der Waals surface area contributed by atoms with Gasteiger partial charge in [0.05, 0.1) is 11.6 Å². The molecule has 0 spiro atoms. The van der Waals surface area contributed by atoms with E-state index in [-0.39, 0.29) is 11.9 Å². The minimum absolute atomic E-state index is 0.0345. The number of aromatic nitrogens is 1. The smallest absolute Gasteiger partial charge is 0.255 e. The van der Waals surface area contributed by atoms with E-state index >= 15 is 0 Å². The number of carbonyl (C=O) groups is 1. The zero-order valence-electron chi connectivity index (χ0n) is 15.8. The van der Waals surface area contributed by atoms with Crippen LogP contribution in [0.3, 0.4) is 0 Å². The molecule has 148 valence electrons. The summed E-state index contributed by atoms with van der Waals surface area (Å²) in [6, 6.07) is 19.6. The van der Waals surface area contributed by atoms with E-state index in [9.17, 15) is 4.79 Å². The van der Waals surface area contributed by atoms with Crippen LogP contribution in [0.5, 0.6) is 0 Å². The predicted octanol–water partition coefficient (Wildman–Crippen LogP) is 4.94. The molecule has 1 aliphatic rings. The SMILES string of the molecule is O=C(c1cccnc1)N1CCN(C(c2ccc(Cl)cc2)c2ccc(Cl)cc2)CC1. The van der Waals surface area contributed by atoms with E-state index in [4.69, 9.17) is 23.2 Å². The number of hydrogen-bond acceptors (Lipinski definition) is 3. The number of amides is 1. The third-order valence-electron chi connectivity index (χ3n) is 5.25. The zero-order chi connectivity index (χ0) is 20.2. The molecule has 1 fully saturated rings. The Kier molecular flexibility index (Phi) is 6.14. The highest BCUT2D eigenvalue weighted by Gasteiger charge is 2.28. The van der Waals surface area contributed by atoms with Gasteiger partial charge in [-0.05, 0) is 47.5 Å². The minimum atomic E-state index is 0.0345. The number of pyridine rings is 1. The summed E-state index contributed by atoms with van der Waals surface area (Å²) in [6.07, 6.45) is 3.30. The molecule has 2 aromatic carbocycles. The van der Waals surface area contributed by atoms with Gasteiger partial charge in [-0.15, -0.1) is 0 Å². The van der Waals surface area contributed by atoms with Crippen molar-refractivity contribution in [3.8, 4) is 0 Å². The molecule has 0 N–H and O–H groups in total. The van der Waals surface area contributed by atoms with Gasteiger partial charge < -0.3 is 4.90 Å². The van der Waals surface area contributed by atoms with Crippen molar-refractivity contribution in [1.29, 1.82) is 0 Å². The third kappa shape index (κ3) is 4.61. The second-order valence-corrected chi connectivity index (χ2v) is 7.95. The van der Waals surface area contributed by atoms with Gasteiger partial charge in [-0.2, -0.15) is 0 Å². The van der Waals surface area contributed by atoms with Gasteiger partial charge in [-0.1, -0.05) is 47.5 Å². The summed E-state index contributed by atoms with van der Waals surface area (Å²) in [5, 5.41) is 1.44. The van der Waals surface area contributed by atoms with Crippen molar-refractivity contribution in [2.24, 2.45) is 0 Å². The van der Waals surface area contributed by atoms with Crippen LogP contribution in [0.15, 0.2) is 73.1 Å². The van der Waals surface area contributed by atoms with Gasteiger partial charge in [0.25, 0.3) is 5.91 Å². The van der Waals surface area contributed by atoms with Crippen LogP contribution in [0.25, 0.3) is 0 Å². The monoisotopic (exact) mass is 425 g/mol. The number of hydrogen-bond donors (Lipinski definition) is 0. The summed E-state index contributed by atoms with van der Waals surface area (Å²) >= 11 is 12.2. The molecule has 6 heteroatoms. The summed E-state index contributed by atoms with van der Waals surface area (Å²) in [5.41, 5.74) is 2.97. The van der Waals surface area contributed by atoms with E-state index in [1.54, 1.807) is 18.5 Å². The van der Waals surface area contributed by atoms with Crippen LogP contribution in [0.2, 0.25) is 10.0 Å². The van der Waals surface area contributed by atoms with E-state index < -0.39 is 0 Å². The first-order valence-electron chi connectivity index (χ1n) is 9.56. The van der Waals surface area contributed by atoms with Crippen LogP contribution < -0.4 is 0 Å². The number of nitrogens with zero attached hydrogens (tertiary/aromatic N) is 3. The van der Waals surface area contributed by atoms with E-state index in [1.807, 2.05) is 35.2 Å². The summed E-state index contributed by atoms with van der Waals surface area (Å²) < 4.78 is 0. The number of halogens is 2.